The average Bonchev–Trinajstić information content (AvgIpc) is 3.14. The van der Waals surface area contributed by atoms with E-state index in [1.54, 1.807) is 62.8 Å². The standard InChI is InChI=1S/C20H22N2O5S/c1-14-4-10-17(11-5-14)28(23,24)20-19(21-12-13-25-2)27-18(22-20)15-6-8-16(26-3)9-7-15/h4-11,21H,12-13H2,1-3H3. The molecule has 0 spiro atoms. The molecule has 0 saturated heterocycles. The predicted octanol–water partition coefficient (Wildman–Crippen LogP) is 3.55. The number of aryl methyl sites for hydroxylation is 1. The minimum atomic E-state index is -3.86. The van der Waals surface area contributed by atoms with Crippen LogP contribution in [-0.4, -0.2) is 40.8 Å². The highest BCUT2D eigenvalue weighted by molar-refractivity contribution is 7.91. The highest BCUT2D eigenvalue weighted by Crippen LogP contribution is 2.32. The molecule has 0 unspecified atom stereocenters. The lowest BCUT2D eigenvalue weighted by molar-refractivity contribution is 0.210. The van der Waals surface area contributed by atoms with E-state index in [2.05, 4.69) is 10.3 Å². The molecule has 3 rings (SSSR count). The minimum absolute atomic E-state index is 0.0865. The van der Waals surface area contributed by atoms with Crippen LogP contribution < -0.4 is 10.1 Å². The second-order valence-corrected chi connectivity index (χ2v) is 7.98. The summed E-state index contributed by atoms with van der Waals surface area (Å²) in [6.07, 6.45) is 0. The first-order valence-electron chi connectivity index (χ1n) is 8.65. The summed E-state index contributed by atoms with van der Waals surface area (Å²) in [6, 6.07) is 13.6. The summed E-state index contributed by atoms with van der Waals surface area (Å²) in [5.74, 6) is 0.970. The van der Waals surface area contributed by atoms with Gasteiger partial charge in [-0.2, -0.15) is 4.98 Å². The first-order chi connectivity index (χ1) is 13.5. The zero-order valence-electron chi connectivity index (χ0n) is 15.9. The van der Waals surface area contributed by atoms with Crippen LogP contribution >= 0.6 is 0 Å². The number of benzene rings is 2. The summed E-state index contributed by atoms with van der Waals surface area (Å²) < 4.78 is 42.2. The molecule has 0 aliphatic carbocycles. The normalized spacial score (nSPS) is 11.4. The molecule has 148 valence electrons. The zero-order valence-corrected chi connectivity index (χ0v) is 16.7. The number of methoxy groups -OCH3 is 2. The number of hydrogen-bond donors (Lipinski definition) is 1. The van der Waals surface area contributed by atoms with Crippen LogP contribution in [0, 0.1) is 6.92 Å². The van der Waals surface area contributed by atoms with Gasteiger partial charge >= 0.3 is 0 Å². The second-order valence-electron chi connectivity index (χ2n) is 6.12. The number of hydrogen-bond acceptors (Lipinski definition) is 7. The van der Waals surface area contributed by atoms with Crippen molar-refractivity contribution >= 4 is 15.7 Å². The highest BCUT2D eigenvalue weighted by Gasteiger charge is 2.28. The van der Waals surface area contributed by atoms with Crippen LogP contribution in [0.25, 0.3) is 11.5 Å². The molecule has 0 fully saturated rings. The average molecular weight is 402 g/mol. The maximum Gasteiger partial charge on any atom is 0.233 e. The summed E-state index contributed by atoms with van der Waals surface area (Å²) in [7, 11) is -0.718. The number of sulfone groups is 1. The largest absolute Gasteiger partial charge is 0.497 e. The van der Waals surface area contributed by atoms with Gasteiger partial charge in [0.25, 0.3) is 0 Å². The third kappa shape index (κ3) is 4.18. The molecule has 1 aromatic heterocycles. The van der Waals surface area contributed by atoms with Gasteiger partial charge in [0.15, 0.2) is 0 Å². The number of oxazole rings is 1. The molecule has 2 aromatic carbocycles. The van der Waals surface area contributed by atoms with Gasteiger partial charge < -0.3 is 19.2 Å². The highest BCUT2D eigenvalue weighted by atomic mass is 32.2. The van der Waals surface area contributed by atoms with Crippen molar-refractivity contribution in [2.24, 2.45) is 0 Å². The van der Waals surface area contributed by atoms with Gasteiger partial charge in [0, 0.05) is 19.2 Å². The van der Waals surface area contributed by atoms with E-state index in [1.807, 2.05) is 6.92 Å². The van der Waals surface area contributed by atoms with Crippen molar-refractivity contribution in [3.05, 3.63) is 54.1 Å². The molecule has 0 atom stereocenters. The first-order valence-corrected chi connectivity index (χ1v) is 10.1. The van der Waals surface area contributed by atoms with Crippen LogP contribution in [0.3, 0.4) is 0 Å². The summed E-state index contributed by atoms with van der Waals surface area (Å²) in [6.45, 7) is 2.67. The van der Waals surface area contributed by atoms with Crippen LogP contribution in [0.2, 0.25) is 0 Å². The molecule has 3 aromatic rings. The fourth-order valence-corrected chi connectivity index (χ4v) is 3.83. The number of anilines is 1. The molecule has 8 heteroatoms. The van der Waals surface area contributed by atoms with Gasteiger partial charge in [-0.1, -0.05) is 17.7 Å². The lowest BCUT2D eigenvalue weighted by Crippen LogP contribution is -2.11. The van der Waals surface area contributed by atoms with E-state index in [-0.39, 0.29) is 21.7 Å². The van der Waals surface area contributed by atoms with Crippen molar-refractivity contribution in [3.63, 3.8) is 0 Å². The Bertz CT molecular complexity index is 1030. The minimum Gasteiger partial charge on any atom is -0.497 e. The fourth-order valence-electron chi connectivity index (χ4n) is 2.55. The number of ether oxygens (including phenoxy) is 2. The fraction of sp³-hybridized carbons (Fsp3) is 0.250. The summed E-state index contributed by atoms with van der Waals surface area (Å²) in [5, 5.41) is 2.80. The summed E-state index contributed by atoms with van der Waals surface area (Å²) >= 11 is 0. The Balaban J connectivity index is 2.04. The van der Waals surface area contributed by atoms with Gasteiger partial charge in [-0.25, -0.2) is 8.42 Å². The Morgan fingerprint density at radius 1 is 1.04 bits per heavy atom. The quantitative estimate of drug-likeness (QED) is 0.576. The molecule has 0 amide bonds. The van der Waals surface area contributed by atoms with Gasteiger partial charge in [-0.15, -0.1) is 0 Å². The van der Waals surface area contributed by atoms with Gasteiger partial charge in [-0.3, -0.25) is 0 Å². The molecular formula is C20H22N2O5S. The predicted molar refractivity (Wildman–Crippen MR) is 105 cm³/mol. The molecule has 7 nitrogen and oxygen atoms in total. The van der Waals surface area contributed by atoms with E-state index in [0.29, 0.717) is 24.5 Å². The van der Waals surface area contributed by atoms with Crippen molar-refractivity contribution in [2.45, 2.75) is 16.8 Å². The zero-order chi connectivity index (χ0) is 20.1. The Labute approximate surface area is 164 Å². The van der Waals surface area contributed by atoms with Crippen LogP contribution in [-0.2, 0) is 14.6 Å². The summed E-state index contributed by atoms with van der Waals surface area (Å²) in [5.41, 5.74) is 1.61. The Morgan fingerprint density at radius 2 is 1.71 bits per heavy atom. The smallest absolute Gasteiger partial charge is 0.233 e. The maximum absolute atomic E-state index is 13.1. The third-order valence-corrected chi connectivity index (χ3v) is 5.79. The Kier molecular flexibility index (Phi) is 6.01. The molecule has 0 aliphatic heterocycles. The monoisotopic (exact) mass is 402 g/mol. The Morgan fingerprint density at radius 3 is 2.32 bits per heavy atom. The lowest BCUT2D eigenvalue weighted by Gasteiger charge is -2.06. The van der Waals surface area contributed by atoms with Crippen molar-refractivity contribution in [1.82, 2.24) is 4.98 Å². The number of nitrogens with one attached hydrogen (secondary N) is 1. The van der Waals surface area contributed by atoms with E-state index in [4.69, 9.17) is 13.9 Å². The molecule has 0 bridgehead atoms. The van der Waals surface area contributed by atoms with E-state index < -0.39 is 9.84 Å². The number of aromatic nitrogens is 1. The number of rotatable bonds is 8. The van der Waals surface area contributed by atoms with Crippen molar-refractivity contribution in [3.8, 4) is 17.2 Å². The van der Waals surface area contributed by atoms with Gasteiger partial charge in [0.2, 0.25) is 26.6 Å². The van der Waals surface area contributed by atoms with Crippen LogP contribution in [0.1, 0.15) is 5.56 Å². The molecular weight excluding hydrogens is 380 g/mol. The van der Waals surface area contributed by atoms with Crippen molar-refractivity contribution in [2.75, 3.05) is 32.7 Å². The van der Waals surface area contributed by atoms with Gasteiger partial charge in [-0.05, 0) is 43.3 Å². The molecule has 0 aliphatic rings. The number of nitrogens with zero attached hydrogens (tertiary/aromatic N) is 1. The lowest BCUT2D eigenvalue weighted by atomic mass is 10.2. The summed E-state index contributed by atoms with van der Waals surface area (Å²) in [4.78, 5) is 4.44. The Hall–Kier alpha value is -2.84. The van der Waals surface area contributed by atoms with E-state index in [0.717, 1.165) is 5.56 Å². The first kappa shape index (κ1) is 19.9. The van der Waals surface area contributed by atoms with Crippen LogP contribution in [0.15, 0.2) is 62.9 Å². The van der Waals surface area contributed by atoms with Crippen LogP contribution in [0.4, 0.5) is 5.88 Å². The van der Waals surface area contributed by atoms with E-state index in [9.17, 15) is 8.42 Å². The van der Waals surface area contributed by atoms with Crippen molar-refractivity contribution in [1.29, 1.82) is 0 Å². The molecule has 28 heavy (non-hydrogen) atoms. The van der Waals surface area contributed by atoms with Gasteiger partial charge in [0.05, 0.1) is 18.6 Å². The van der Waals surface area contributed by atoms with Crippen molar-refractivity contribution < 1.29 is 22.3 Å². The maximum atomic E-state index is 13.1. The third-order valence-electron chi connectivity index (χ3n) is 4.11. The van der Waals surface area contributed by atoms with Crippen LogP contribution in [0.5, 0.6) is 5.75 Å². The molecule has 1 N–H and O–H groups in total. The second kappa shape index (κ2) is 8.45. The molecule has 1 heterocycles. The topological polar surface area (TPSA) is 90.7 Å². The van der Waals surface area contributed by atoms with Gasteiger partial charge in [0.1, 0.15) is 5.75 Å². The van der Waals surface area contributed by atoms with E-state index in [1.165, 1.54) is 0 Å². The van der Waals surface area contributed by atoms with E-state index >= 15 is 0 Å². The molecule has 0 saturated carbocycles. The SMILES string of the molecule is COCCNc1oc(-c2ccc(OC)cc2)nc1S(=O)(=O)c1ccc(C)cc1. The molecule has 0 radical (unpaired) electrons.